The SMILES string of the molecule is Cc1cn(-c2ccc(C#N)c(C(F)(F)F)c2)nc1CNC(=O)c1ccc(C#N)cc1. The number of rotatable bonds is 4. The van der Waals surface area contributed by atoms with Crippen molar-refractivity contribution < 1.29 is 18.0 Å². The zero-order chi connectivity index (χ0) is 21.9. The zero-order valence-electron chi connectivity index (χ0n) is 15.7. The largest absolute Gasteiger partial charge is 0.417 e. The van der Waals surface area contributed by atoms with Gasteiger partial charge in [0.1, 0.15) is 0 Å². The number of nitrogens with zero attached hydrogens (tertiary/aromatic N) is 4. The van der Waals surface area contributed by atoms with Crippen molar-refractivity contribution in [2.45, 2.75) is 19.6 Å². The van der Waals surface area contributed by atoms with Crippen molar-refractivity contribution in [2.75, 3.05) is 0 Å². The maximum Gasteiger partial charge on any atom is 0.417 e. The second-order valence-electron chi connectivity index (χ2n) is 6.41. The van der Waals surface area contributed by atoms with E-state index in [1.165, 1.54) is 41.1 Å². The average molecular weight is 409 g/mol. The van der Waals surface area contributed by atoms with E-state index in [0.29, 0.717) is 22.4 Å². The molecule has 6 nitrogen and oxygen atoms in total. The average Bonchev–Trinajstić information content (AvgIpc) is 3.11. The Morgan fingerprint density at radius 3 is 2.43 bits per heavy atom. The van der Waals surface area contributed by atoms with Crippen molar-refractivity contribution in [3.05, 3.63) is 82.2 Å². The van der Waals surface area contributed by atoms with Crippen LogP contribution in [0.2, 0.25) is 0 Å². The fourth-order valence-corrected chi connectivity index (χ4v) is 2.77. The molecule has 3 aromatic rings. The molecule has 3 rings (SSSR count). The van der Waals surface area contributed by atoms with Crippen LogP contribution >= 0.6 is 0 Å². The molecule has 0 bridgehead atoms. The molecule has 30 heavy (non-hydrogen) atoms. The smallest absolute Gasteiger partial charge is 0.346 e. The van der Waals surface area contributed by atoms with Crippen molar-refractivity contribution in [2.24, 2.45) is 0 Å². The lowest BCUT2D eigenvalue weighted by Gasteiger charge is -2.10. The number of halogens is 3. The van der Waals surface area contributed by atoms with Gasteiger partial charge in [-0.25, -0.2) is 4.68 Å². The summed E-state index contributed by atoms with van der Waals surface area (Å²) in [5.74, 6) is -0.369. The van der Waals surface area contributed by atoms with Crippen LogP contribution in [0.3, 0.4) is 0 Å². The predicted octanol–water partition coefficient (Wildman–Crippen LogP) is 3.87. The minimum Gasteiger partial charge on any atom is -0.346 e. The summed E-state index contributed by atoms with van der Waals surface area (Å²) in [5, 5.41) is 24.7. The second kappa shape index (κ2) is 8.10. The molecule has 1 aromatic heterocycles. The number of nitrogens with one attached hydrogen (secondary N) is 1. The van der Waals surface area contributed by atoms with Crippen LogP contribution in [0.4, 0.5) is 13.2 Å². The lowest BCUT2D eigenvalue weighted by molar-refractivity contribution is -0.137. The van der Waals surface area contributed by atoms with Crippen molar-refractivity contribution >= 4 is 5.91 Å². The molecule has 1 N–H and O–H groups in total. The van der Waals surface area contributed by atoms with E-state index in [2.05, 4.69) is 10.4 Å². The van der Waals surface area contributed by atoms with Gasteiger partial charge in [-0.3, -0.25) is 4.79 Å². The fraction of sp³-hybridized carbons (Fsp3) is 0.143. The molecular weight excluding hydrogens is 395 g/mol. The quantitative estimate of drug-likeness (QED) is 0.708. The Morgan fingerprint density at radius 2 is 1.83 bits per heavy atom. The molecule has 0 spiro atoms. The van der Waals surface area contributed by atoms with Crippen LogP contribution in [0, 0.1) is 29.6 Å². The standard InChI is InChI=1S/C21H14F3N5O/c1-13-12-29(17-7-6-16(10-26)18(8-17)21(22,23)24)28-19(13)11-27-20(30)15-4-2-14(9-25)3-5-15/h2-8,12H,11H2,1H3,(H,27,30). The zero-order valence-corrected chi connectivity index (χ0v) is 15.7. The highest BCUT2D eigenvalue weighted by Gasteiger charge is 2.34. The molecule has 0 saturated carbocycles. The van der Waals surface area contributed by atoms with Gasteiger partial charge in [-0.05, 0) is 55.0 Å². The molecule has 9 heteroatoms. The van der Waals surface area contributed by atoms with Crippen LogP contribution < -0.4 is 5.32 Å². The van der Waals surface area contributed by atoms with Gasteiger partial charge in [0, 0.05) is 11.8 Å². The molecule has 0 aliphatic carbocycles. The topological polar surface area (TPSA) is 94.5 Å². The summed E-state index contributed by atoms with van der Waals surface area (Å²) in [6, 6.07) is 12.9. The van der Waals surface area contributed by atoms with Crippen molar-refractivity contribution in [3.8, 4) is 17.8 Å². The molecule has 1 heterocycles. The number of aromatic nitrogens is 2. The minimum atomic E-state index is -4.67. The molecule has 1 amide bonds. The molecule has 0 radical (unpaired) electrons. The normalized spacial score (nSPS) is 10.9. The molecule has 0 saturated heterocycles. The summed E-state index contributed by atoms with van der Waals surface area (Å²) in [6.45, 7) is 1.79. The Bertz CT molecular complexity index is 1180. The molecule has 0 unspecified atom stereocenters. The summed E-state index contributed by atoms with van der Waals surface area (Å²) in [6.07, 6.45) is -3.12. The van der Waals surface area contributed by atoms with Crippen LogP contribution in [-0.4, -0.2) is 15.7 Å². The van der Waals surface area contributed by atoms with E-state index >= 15 is 0 Å². The first-order valence-corrected chi connectivity index (χ1v) is 8.68. The van der Waals surface area contributed by atoms with E-state index in [9.17, 15) is 18.0 Å². The third kappa shape index (κ3) is 4.31. The Balaban J connectivity index is 1.79. The van der Waals surface area contributed by atoms with Crippen LogP contribution in [0.5, 0.6) is 0 Å². The Labute approximate surface area is 169 Å². The van der Waals surface area contributed by atoms with Gasteiger partial charge in [-0.15, -0.1) is 0 Å². The van der Waals surface area contributed by atoms with Gasteiger partial charge in [0.25, 0.3) is 5.91 Å². The monoisotopic (exact) mass is 409 g/mol. The number of nitriles is 2. The first-order chi connectivity index (χ1) is 14.2. The number of hydrogen-bond donors (Lipinski definition) is 1. The van der Waals surface area contributed by atoms with Crippen LogP contribution in [0.1, 0.15) is 38.3 Å². The third-order valence-electron chi connectivity index (χ3n) is 4.39. The molecule has 0 fully saturated rings. The number of carbonyl (C=O) groups is 1. The van der Waals surface area contributed by atoms with Gasteiger partial charge in [0.2, 0.25) is 0 Å². The number of hydrogen-bond acceptors (Lipinski definition) is 4. The van der Waals surface area contributed by atoms with Crippen molar-refractivity contribution in [3.63, 3.8) is 0 Å². The molecule has 2 aromatic carbocycles. The summed E-state index contributed by atoms with van der Waals surface area (Å²) < 4.78 is 40.8. The van der Waals surface area contributed by atoms with Gasteiger partial charge < -0.3 is 5.32 Å². The lowest BCUT2D eigenvalue weighted by Crippen LogP contribution is -2.23. The van der Waals surface area contributed by atoms with E-state index in [0.717, 1.165) is 12.1 Å². The summed E-state index contributed by atoms with van der Waals surface area (Å²) in [7, 11) is 0. The van der Waals surface area contributed by atoms with Gasteiger partial charge in [-0.2, -0.15) is 28.8 Å². The number of carbonyl (C=O) groups excluding carboxylic acids is 1. The molecule has 0 aliphatic rings. The third-order valence-corrected chi connectivity index (χ3v) is 4.39. The maximum absolute atomic E-state index is 13.2. The van der Waals surface area contributed by atoms with E-state index in [1.807, 2.05) is 6.07 Å². The van der Waals surface area contributed by atoms with E-state index in [1.54, 1.807) is 13.1 Å². The summed E-state index contributed by atoms with van der Waals surface area (Å²) in [5.41, 5.74) is 0.600. The Kier molecular flexibility index (Phi) is 5.56. The van der Waals surface area contributed by atoms with E-state index in [-0.39, 0.29) is 18.1 Å². The number of aryl methyl sites for hydroxylation is 1. The first kappa shape index (κ1) is 20.6. The van der Waals surface area contributed by atoms with Crippen molar-refractivity contribution in [1.29, 1.82) is 10.5 Å². The van der Waals surface area contributed by atoms with E-state index < -0.39 is 17.3 Å². The van der Waals surface area contributed by atoms with Gasteiger partial charge in [0.15, 0.2) is 0 Å². The Morgan fingerprint density at radius 1 is 1.13 bits per heavy atom. The van der Waals surface area contributed by atoms with Crippen LogP contribution in [0.25, 0.3) is 5.69 Å². The number of alkyl halides is 3. The summed E-state index contributed by atoms with van der Waals surface area (Å²) in [4.78, 5) is 12.2. The molecule has 0 atom stereocenters. The summed E-state index contributed by atoms with van der Waals surface area (Å²) >= 11 is 0. The number of amides is 1. The molecular formula is C21H14F3N5O. The van der Waals surface area contributed by atoms with Gasteiger partial charge in [0.05, 0.1) is 46.8 Å². The van der Waals surface area contributed by atoms with Crippen LogP contribution in [0.15, 0.2) is 48.7 Å². The highest BCUT2D eigenvalue weighted by Crippen LogP contribution is 2.33. The molecule has 0 aliphatic heterocycles. The first-order valence-electron chi connectivity index (χ1n) is 8.68. The predicted molar refractivity (Wildman–Crippen MR) is 100 cm³/mol. The highest BCUT2D eigenvalue weighted by molar-refractivity contribution is 5.94. The highest BCUT2D eigenvalue weighted by atomic mass is 19.4. The number of benzene rings is 2. The van der Waals surface area contributed by atoms with E-state index in [4.69, 9.17) is 10.5 Å². The van der Waals surface area contributed by atoms with Crippen LogP contribution in [-0.2, 0) is 12.7 Å². The lowest BCUT2D eigenvalue weighted by atomic mass is 10.1. The van der Waals surface area contributed by atoms with Crippen molar-refractivity contribution in [1.82, 2.24) is 15.1 Å². The Hall–Kier alpha value is -4.11. The minimum absolute atomic E-state index is 0.0695. The van der Waals surface area contributed by atoms with Gasteiger partial charge in [-0.1, -0.05) is 0 Å². The van der Waals surface area contributed by atoms with Gasteiger partial charge >= 0.3 is 6.18 Å². The fourth-order valence-electron chi connectivity index (χ4n) is 2.77. The second-order valence-corrected chi connectivity index (χ2v) is 6.41. The molecule has 150 valence electrons. The maximum atomic E-state index is 13.2.